The Hall–Kier alpha value is 0.310. The number of hydrogen-bond donors (Lipinski definition) is 1. The Morgan fingerprint density at radius 2 is 1.62 bits per heavy atom. The van der Waals surface area contributed by atoms with Crippen LogP contribution in [0, 0.1) is 11.8 Å². The average Bonchev–Trinajstić information content (AvgIpc) is 2.26. The summed E-state index contributed by atoms with van der Waals surface area (Å²) >= 11 is 2.12. The number of thioether (sulfide) groups is 1. The third-order valence-electron chi connectivity index (χ3n) is 3.02. The lowest BCUT2D eigenvalue weighted by atomic mass is 9.95. The summed E-state index contributed by atoms with van der Waals surface area (Å²) in [4.78, 5) is 0. The van der Waals surface area contributed by atoms with Crippen LogP contribution in [0.1, 0.15) is 53.9 Å². The minimum absolute atomic E-state index is 0.721. The Balaban J connectivity index is 3.97. The SMILES string of the molecule is CCCNC(CSCC(C)C)C(CC)CC. The molecule has 1 nitrogen and oxygen atoms in total. The van der Waals surface area contributed by atoms with E-state index in [0.29, 0.717) is 0 Å². The van der Waals surface area contributed by atoms with Gasteiger partial charge in [-0.05, 0) is 30.6 Å². The van der Waals surface area contributed by atoms with Gasteiger partial charge in [-0.1, -0.05) is 47.5 Å². The summed E-state index contributed by atoms with van der Waals surface area (Å²) in [7, 11) is 0. The molecule has 0 aromatic heterocycles. The highest BCUT2D eigenvalue weighted by atomic mass is 32.2. The van der Waals surface area contributed by atoms with E-state index in [9.17, 15) is 0 Å². The van der Waals surface area contributed by atoms with E-state index in [0.717, 1.165) is 17.9 Å². The summed E-state index contributed by atoms with van der Waals surface area (Å²) in [6.07, 6.45) is 3.85. The molecule has 0 saturated heterocycles. The molecule has 16 heavy (non-hydrogen) atoms. The fraction of sp³-hybridized carbons (Fsp3) is 1.00. The number of nitrogens with one attached hydrogen (secondary N) is 1. The van der Waals surface area contributed by atoms with Crippen LogP contribution in [0.5, 0.6) is 0 Å². The van der Waals surface area contributed by atoms with Gasteiger partial charge in [0.25, 0.3) is 0 Å². The molecule has 0 saturated carbocycles. The van der Waals surface area contributed by atoms with Crippen LogP contribution in [0.15, 0.2) is 0 Å². The summed E-state index contributed by atoms with van der Waals surface area (Å²) in [6.45, 7) is 12.7. The van der Waals surface area contributed by atoms with Crippen LogP contribution >= 0.6 is 11.8 Å². The first-order valence-corrected chi connectivity index (χ1v) is 8.12. The van der Waals surface area contributed by atoms with E-state index in [1.807, 2.05) is 0 Å². The molecule has 0 rings (SSSR count). The molecule has 0 aliphatic rings. The van der Waals surface area contributed by atoms with E-state index in [-0.39, 0.29) is 0 Å². The van der Waals surface area contributed by atoms with Crippen molar-refractivity contribution in [3.63, 3.8) is 0 Å². The summed E-state index contributed by atoms with van der Waals surface area (Å²) in [5.74, 6) is 4.25. The molecule has 0 heterocycles. The molecule has 0 bridgehead atoms. The van der Waals surface area contributed by atoms with Crippen molar-refractivity contribution in [3.8, 4) is 0 Å². The average molecular weight is 245 g/mol. The molecule has 0 aromatic carbocycles. The predicted molar refractivity (Wildman–Crippen MR) is 78.3 cm³/mol. The Morgan fingerprint density at radius 3 is 2.06 bits per heavy atom. The molecule has 0 aliphatic carbocycles. The summed E-state index contributed by atoms with van der Waals surface area (Å²) in [5.41, 5.74) is 0. The predicted octanol–water partition coefficient (Wildman–Crippen LogP) is 4.18. The first kappa shape index (κ1) is 16.3. The highest BCUT2D eigenvalue weighted by Gasteiger charge is 2.17. The lowest BCUT2D eigenvalue weighted by Gasteiger charge is -2.26. The Bertz CT molecular complexity index is 144. The number of rotatable bonds is 10. The van der Waals surface area contributed by atoms with Crippen LogP contribution in [0.4, 0.5) is 0 Å². The molecule has 1 N–H and O–H groups in total. The zero-order chi connectivity index (χ0) is 12.4. The van der Waals surface area contributed by atoms with Crippen molar-refractivity contribution in [1.82, 2.24) is 5.32 Å². The van der Waals surface area contributed by atoms with Crippen LogP contribution in [0.25, 0.3) is 0 Å². The van der Waals surface area contributed by atoms with E-state index in [1.54, 1.807) is 0 Å². The second-order valence-electron chi connectivity index (χ2n) is 5.07. The molecule has 0 spiro atoms. The van der Waals surface area contributed by atoms with Gasteiger partial charge in [0.15, 0.2) is 0 Å². The van der Waals surface area contributed by atoms with E-state index >= 15 is 0 Å². The Morgan fingerprint density at radius 1 is 1.00 bits per heavy atom. The van der Waals surface area contributed by atoms with Crippen molar-refractivity contribution >= 4 is 11.8 Å². The maximum absolute atomic E-state index is 3.72. The van der Waals surface area contributed by atoms with Crippen molar-refractivity contribution in [2.24, 2.45) is 11.8 Å². The fourth-order valence-corrected chi connectivity index (χ4v) is 3.23. The smallest absolute Gasteiger partial charge is 0.0186 e. The molecule has 1 atom stereocenters. The van der Waals surface area contributed by atoms with E-state index in [4.69, 9.17) is 0 Å². The lowest BCUT2D eigenvalue weighted by Crippen LogP contribution is -2.38. The third kappa shape index (κ3) is 7.56. The molecule has 0 fully saturated rings. The van der Waals surface area contributed by atoms with Gasteiger partial charge in [-0.3, -0.25) is 0 Å². The van der Waals surface area contributed by atoms with Crippen molar-refractivity contribution in [3.05, 3.63) is 0 Å². The van der Waals surface area contributed by atoms with Crippen molar-refractivity contribution in [2.45, 2.75) is 59.9 Å². The highest BCUT2D eigenvalue weighted by Crippen LogP contribution is 2.18. The van der Waals surface area contributed by atoms with Crippen LogP contribution in [0.3, 0.4) is 0 Å². The van der Waals surface area contributed by atoms with E-state index in [1.165, 1.54) is 37.3 Å². The lowest BCUT2D eigenvalue weighted by molar-refractivity contribution is 0.359. The molecule has 1 unspecified atom stereocenters. The molecule has 0 aromatic rings. The summed E-state index contributed by atoms with van der Waals surface area (Å²) in [5, 5.41) is 3.72. The van der Waals surface area contributed by atoms with Crippen LogP contribution < -0.4 is 5.32 Å². The molecular formula is C14H31NS. The zero-order valence-electron chi connectivity index (χ0n) is 11.9. The fourth-order valence-electron chi connectivity index (χ4n) is 1.98. The van der Waals surface area contributed by atoms with Crippen LogP contribution in [0.2, 0.25) is 0 Å². The second kappa shape index (κ2) is 10.5. The van der Waals surface area contributed by atoms with Gasteiger partial charge in [-0.2, -0.15) is 11.8 Å². The van der Waals surface area contributed by atoms with Gasteiger partial charge in [0.1, 0.15) is 0 Å². The topological polar surface area (TPSA) is 12.0 Å². The monoisotopic (exact) mass is 245 g/mol. The molecule has 98 valence electrons. The van der Waals surface area contributed by atoms with Crippen LogP contribution in [-0.2, 0) is 0 Å². The van der Waals surface area contributed by atoms with Crippen molar-refractivity contribution < 1.29 is 0 Å². The third-order valence-corrected chi connectivity index (χ3v) is 4.52. The number of hydrogen-bond acceptors (Lipinski definition) is 2. The van der Waals surface area contributed by atoms with Gasteiger partial charge in [0.05, 0.1) is 0 Å². The molecule has 0 amide bonds. The Labute approximate surface area is 107 Å². The van der Waals surface area contributed by atoms with Gasteiger partial charge in [-0.25, -0.2) is 0 Å². The highest BCUT2D eigenvalue weighted by molar-refractivity contribution is 7.99. The second-order valence-corrected chi connectivity index (χ2v) is 6.14. The first-order valence-electron chi connectivity index (χ1n) is 6.96. The largest absolute Gasteiger partial charge is 0.313 e. The zero-order valence-corrected chi connectivity index (χ0v) is 12.7. The van der Waals surface area contributed by atoms with Gasteiger partial charge in [-0.15, -0.1) is 0 Å². The maximum atomic E-state index is 3.72. The molecule has 0 aliphatic heterocycles. The van der Waals surface area contributed by atoms with Gasteiger partial charge in [0.2, 0.25) is 0 Å². The Kier molecular flexibility index (Phi) is 10.7. The minimum atomic E-state index is 0.721. The van der Waals surface area contributed by atoms with Crippen LogP contribution in [-0.4, -0.2) is 24.1 Å². The van der Waals surface area contributed by atoms with Gasteiger partial charge < -0.3 is 5.32 Å². The maximum Gasteiger partial charge on any atom is 0.0186 e. The van der Waals surface area contributed by atoms with Crippen molar-refractivity contribution in [1.29, 1.82) is 0 Å². The molecule has 0 radical (unpaired) electrons. The van der Waals surface area contributed by atoms with E-state index < -0.39 is 0 Å². The first-order chi connectivity index (χ1) is 7.65. The molecular weight excluding hydrogens is 214 g/mol. The summed E-state index contributed by atoms with van der Waals surface area (Å²) < 4.78 is 0. The molecule has 2 heteroatoms. The summed E-state index contributed by atoms with van der Waals surface area (Å²) in [6, 6.07) is 0.721. The van der Waals surface area contributed by atoms with E-state index in [2.05, 4.69) is 51.7 Å². The quantitative estimate of drug-likeness (QED) is 0.619. The van der Waals surface area contributed by atoms with Gasteiger partial charge in [0, 0.05) is 11.8 Å². The minimum Gasteiger partial charge on any atom is -0.313 e. The van der Waals surface area contributed by atoms with Crippen molar-refractivity contribution in [2.75, 3.05) is 18.1 Å². The standard InChI is InChI=1S/C14H31NS/c1-6-9-15-14(13(7-2)8-3)11-16-10-12(4)5/h12-15H,6-11H2,1-5H3. The normalized spacial score (nSPS) is 13.7. The van der Waals surface area contributed by atoms with Gasteiger partial charge >= 0.3 is 0 Å².